The van der Waals surface area contributed by atoms with E-state index in [1.807, 2.05) is 6.07 Å². The van der Waals surface area contributed by atoms with Gasteiger partial charge in [-0.05, 0) is 26.3 Å². The second-order valence-corrected chi connectivity index (χ2v) is 7.78. The van der Waals surface area contributed by atoms with Crippen LogP contribution >= 0.6 is 0 Å². The second-order valence-electron chi connectivity index (χ2n) is 7.78. The van der Waals surface area contributed by atoms with Crippen LogP contribution in [0.3, 0.4) is 0 Å². The lowest BCUT2D eigenvalue weighted by Crippen LogP contribution is -2.57. The molecule has 5 N–H and O–H groups in total. The molecule has 5 amide bonds. The van der Waals surface area contributed by atoms with Crippen LogP contribution in [-0.4, -0.2) is 78.0 Å². The highest BCUT2D eigenvalue weighted by Crippen LogP contribution is 2.25. The number of hydrogen-bond donors (Lipinski definition) is 4. The number of nitrogens with zero attached hydrogens (tertiary/aromatic N) is 1. The van der Waals surface area contributed by atoms with Crippen molar-refractivity contribution in [1.29, 1.82) is 0 Å². The Bertz CT molecular complexity index is 970. The van der Waals surface area contributed by atoms with Crippen molar-refractivity contribution in [2.24, 2.45) is 5.73 Å². The van der Waals surface area contributed by atoms with Gasteiger partial charge in [-0.1, -0.05) is 30.3 Å². The van der Waals surface area contributed by atoms with E-state index in [0.29, 0.717) is 5.01 Å². The monoisotopic (exact) mass is 491 g/mol. The van der Waals surface area contributed by atoms with Gasteiger partial charge >= 0.3 is 5.97 Å². The molecule has 0 spiro atoms. The molecule has 1 saturated heterocycles. The van der Waals surface area contributed by atoms with E-state index < -0.39 is 60.4 Å². The van der Waals surface area contributed by atoms with Gasteiger partial charge in [-0.15, -0.1) is 0 Å². The number of nitrogens with one attached hydrogen (secondary N) is 3. The van der Waals surface area contributed by atoms with Gasteiger partial charge in [-0.25, -0.2) is 9.80 Å². The van der Waals surface area contributed by atoms with Crippen LogP contribution < -0.4 is 21.8 Å². The number of epoxide rings is 1. The van der Waals surface area contributed by atoms with Crippen molar-refractivity contribution in [1.82, 2.24) is 21.1 Å². The summed E-state index contributed by atoms with van der Waals surface area (Å²) in [5, 5.41) is 5.56. The highest BCUT2D eigenvalue weighted by Gasteiger charge is 2.53. The first kappa shape index (κ1) is 27.2. The molecule has 1 aliphatic rings. The second kappa shape index (κ2) is 12.5. The fourth-order valence-corrected chi connectivity index (χ4v) is 2.96. The number of carbonyl (C=O) groups excluding carboxylic acids is 6. The van der Waals surface area contributed by atoms with Crippen molar-refractivity contribution in [2.75, 3.05) is 13.2 Å². The number of ether oxygens (including phenoxy) is 2. The predicted octanol–water partition coefficient (Wildman–Crippen LogP) is -2.09. The van der Waals surface area contributed by atoms with Crippen LogP contribution in [0, 0.1) is 0 Å². The number of carbonyl (C=O) groups is 6. The normalized spacial score (nSPS) is 17.8. The number of rotatable bonds is 11. The van der Waals surface area contributed by atoms with Crippen molar-refractivity contribution in [3.8, 4) is 0 Å². The molecule has 1 aromatic carbocycles. The standard InChI is InChI=1S/C22H29N5O8/c1-4-34-22(33)18-17(35-18)21(32)27(11-15(23)28)26-20(31)13(3)25-19(30)12(2)24-16(29)10-14-8-6-5-7-9-14/h5-9,12-13,17-18H,4,10-11H2,1-3H3,(H2,23,28)(H,24,29)(H,25,30)(H,26,31)/t12-,13-,17?,18?/m0/s1. The molecule has 1 fully saturated rings. The maximum absolute atomic E-state index is 12.6. The quantitative estimate of drug-likeness (QED) is 0.154. The minimum Gasteiger partial charge on any atom is -0.464 e. The van der Waals surface area contributed by atoms with Crippen molar-refractivity contribution >= 4 is 35.5 Å². The summed E-state index contributed by atoms with van der Waals surface area (Å²) in [6.07, 6.45) is -2.31. The molecule has 13 heteroatoms. The van der Waals surface area contributed by atoms with Gasteiger partial charge in [-0.3, -0.25) is 29.4 Å². The molecule has 1 aliphatic heterocycles. The molecule has 0 bridgehead atoms. The molecule has 0 saturated carbocycles. The number of esters is 1. The molecule has 2 rings (SSSR count). The van der Waals surface area contributed by atoms with Crippen LogP contribution in [0.4, 0.5) is 0 Å². The Labute approximate surface area is 201 Å². The number of amides is 5. The fourth-order valence-electron chi connectivity index (χ4n) is 2.96. The van der Waals surface area contributed by atoms with Gasteiger partial charge in [0.15, 0.2) is 12.2 Å². The minimum atomic E-state index is -1.24. The third-order valence-corrected chi connectivity index (χ3v) is 4.81. The Hall–Kier alpha value is -4.00. The number of hydrogen-bond acceptors (Lipinski definition) is 8. The SMILES string of the molecule is CCOC(=O)C1OC1C(=O)N(CC(N)=O)NC(=O)[C@H](C)NC(=O)[C@H](C)NC(=O)Cc1ccccc1. The molecule has 0 aliphatic carbocycles. The van der Waals surface area contributed by atoms with Gasteiger partial charge in [-0.2, -0.15) is 0 Å². The highest BCUT2D eigenvalue weighted by molar-refractivity contribution is 5.97. The van der Waals surface area contributed by atoms with Gasteiger partial charge in [0.2, 0.25) is 17.7 Å². The molecule has 1 aromatic rings. The maximum Gasteiger partial charge on any atom is 0.338 e. The number of benzene rings is 1. The van der Waals surface area contributed by atoms with Gasteiger partial charge < -0.3 is 25.8 Å². The third kappa shape index (κ3) is 8.37. The summed E-state index contributed by atoms with van der Waals surface area (Å²) in [5.41, 5.74) is 8.10. The Morgan fingerprint density at radius 2 is 1.63 bits per heavy atom. The molecule has 0 radical (unpaired) electrons. The van der Waals surface area contributed by atoms with Gasteiger partial charge in [0, 0.05) is 0 Å². The molecule has 4 atom stereocenters. The van der Waals surface area contributed by atoms with E-state index in [0.717, 1.165) is 5.56 Å². The van der Waals surface area contributed by atoms with Crippen LogP contribution in [0.1, 0.15) is 26.3 Å². The average molecular weight is 492 g/mol. The van der Waals surface area contributed by atoms with E-state index in [1.54, 1.807) is 31.2 Å². The van der Waals surface area contributed by atoms with Crippen molar-refractivity contribution in [3.63, 3.8) is 0 Å². The molecular formula is C22H29N5O8. The zero-order valence-corrected chi connectivity index (χ0v) is 19.6. The average Bonchev–Trinajstić information content (AvgIpc) is 3.59. The third-order valence-electron chi connectivity index (χ3n) is 4.81. The fraction of sp³-hybridized carbons (Fsp3) is 0.455. The number of primary amides is 1. The first-order valence-electron chi connectivity index (χ1n) is 10.9. The molecule has 2 unspecified atom stereocenters. The Kier molecular flexibility index (Phi) is 9.70. The Balaban J connectivity index is 1.88. The highest BCUT2D eigenvalue weighted by atomic mass is 16.6. The Morgan fingerprint density at radius 1 is 1.00 bits per heavy atom. The first-order chi connectivity index (χ1) is 16.5. The van der Waals surface area contributed by atoms with Crippen LogP contribution in [0.2, 0.25) is 0 Å². The summed E-state index contributed by atoms with van der Waals surface area (Å²) in [5.74, 6) is -4.43. The molecular weight excluding hydrogens is 462 g/mol. The van der Waals surface area contributed by atoms with Gasteiger partial charge in [0.25, 0.3) is 11.8 Å². The lowest BCUT2D eigenvalue weighted by Gasteiger charge is -2.24. The summed E-state index contributed by atoms with van der Waals surface area (Å²) in [6, 6.07) is 6.85. The largest absolute Gasteiger partial charge is 0.464 e. The molecule has 1 heterocycles. The van der Waals surface area contributed by atoms with E-state index >= 15 is 0 Å². The molecule has 35 heavy (non-hydrogen) atoms. The maximum atomic E-state index is 12.6. The summed E-state index contributed by atoms with van der Waals surface area (Å²) in [6.45, 7) is 3.78. The molecule has 190 valence electrons. The van der Waals surface area contributed by atoms with E-state index in [4.69, 9.17) is 15.2 Å². The van der Waals surface area contributed by atoms with E-state index in [2.05, 4.69) is 16.1 Å². The lowest BCUT2D eigenvalue weighted by atomic mass is 10.1. The van der Waals surface area contributed by atoms with E-state index in [9.17, 15) is 28.8 Å². The first-order valence-corrected chi connectivity index (χ1v) is 10.9. The van der Waals surface area contributed by atoms with Gasteiger partial charge in [0.05, 0.1) is 13.0 Å². The number of nitrogens with two attached hydrogens (primary N) is 1. The van der Waals surface area contributed by atoms with E-state index in [-0.39, 0.29) is 18.9 Å². The topological polar surface area (TPSA) is 190 Å². The summed E-state index contributed by atoms with van der Waals surface area (Å²) >= 11 is 0. The molecule has 13 nitrogen and oxygen atoms in total. The van der Waals surface area contributed by atoms with Crippen molar-refractivity contribution < 1.29 is 38.2 Å². The summed E-state index contributed by atoms with van der Waals surface area (Å²) in [4.78, 5) is 72.7. The van der Waals surface area contributed by atoms with Crippen LogP contribution in [0.5, 0.6) is 0 Å². The summed E-state index contributed by atoms with van der Waals surface area (Å²) < 4.78 is 9.76. The van der Waals surface area contributed by atoms with Crippen LogP contribution in [0.25, 0.3) is 0 Å². The van der Waals surface area contributed by atoms with Crippen molar-refractivity contribution in [2.45, 2.75) is 51.5 Å². The molecule has 0 aromatic heterocycles. The van der Waals surface area contributed by atoms with Crippen molar-refractivity contribution in [3.05, 3.63) is 35.9 Å². The van der Waals surface area contributed by atoms with Gasteiger partial charge in [0.1, 0.15) is 18.6 Å². The van der Waals surface area contributed by atoms with Crippen LogP contribution in [-0.2, 0) is 44.7 Å². The Morgan fingerprint density at radius 3 is 2.23 bits per heavy atom. The van der Waals surface area contributed by atoms with Crippen LogP contribution in [0.15, 0.2) is 30.3 Å². The lowest BCUT2D eigenvalue weighted by molar-refractivity contribution is -0.146. The van der Waals surface area contributed by atoms with E-state index in [1.165, 1.54) is 13.8 Å². The summed E-state index contributed by atoms with van der Waals surface area (Å²) in [7, 11) is 0. The smallest absolute Gasteiger partial charge is 0.338 e. The number of hydrazine groups is 1. The zero-order chi connectivity index (χ0) is 26.1. The predicted molar refractivity (Wildman–Crippen MR) is 120 cm³/mol. The zero-order valence-electron chi connectivity index (χ0n) is 19.6. The minimum absolute atomic E-state index is 0.0781.